The maximum atomic E-state index is 9.98. The van der Waals surface area contributed by atoms with Crippen molar-refractivity contribution in [3.63, 3.8) is 0 Å². The summed E-state index contributed by atoms with van der Waals surface area (Å²) in [5, 5.41) is 20.6. The van der Waals surface area contributed by atoms with Gasteiger partial charge in [0, 0.05) is 10.6 Å². The maximum Gasteiger partial charge on any atom is 0.142 e. The highest BCUT2D eigenvalue weighted by Gasteiger charge is 2.47. The van der Waals surface area contributed by atoms with Gasteiger partial charge in [-0.3, -0.25) is 0 Å². The molecule has 5 heteroatoms. The summed E-state index contributed by atoms with van der Waals surface area (Å²) in [6.07, 6.45) is 0. The monoisotopic (exact) mass is 424 g/mol. The van der Waals surface area contributed by atoms with Crippen LogP contribution in [-0.2, 0) is 5.54 Å². The summed E-state index contributed by atoms with van der Waals surface area (Å²) in [5.74, 6) is 1.27. The summed E-state index contributed by atoms with van der Waals surface area (Å²) >= 11 is 6.28. The second-order valence-electron chi connectivity index (χ2n) is 7.75. The number of halogens is 1. The average molecular weight is 425 g/mol. The largest absolute Gasteiger partial charge is 0.508 e. The van der Waals surface area contributed by atoms with Gasteiger partial charge in [0.2, 0.25) is 0 Å². The Bertz CT molecular complexity index is 1410. The quantitative estimate of drug-likeness (QED) is 0.362. The Morgan fingerprint density at radius 3 is 2.00 bits per heavy atom. The highest BCUT2D eigenvalue weighted by Crippen LogP contribution is 2.53. The number of hydrogen-bond acceptors (Lipinski definition) is 3. The smallest absolute Gasteiger partial charge is 0.142 e. The van der Waals surface area contributed by atoms with Gasteiger partial charge < -0.3 is 14.8 Å². The van der Waals surface area contributed by atoms with Gasteiger partial charge in [-0.05, 0) is 59.2 Å². The molecule has 0 aliphatic carbocycles. The van der Waals surface area contributed by atoms with Crippen LogP contribution >= 0.6 is 11.6 Å². The van der Waals surface area contributed by atoms with Crippen LogP contribution in [0.5, 0.6) is 11.5 Å². The van der Waals surface area contributed by atoms with Crippen LogP contribution in [0.4, 0.5) is 0 Å². The number of fused-ring (bicyclic) bond motifs is 5. The summed E-state index contributed by atoms with van der Waals surface area (Å²) in [6.45, 7) is 0. The highest BCUT2D eigenvalue weighted by atomic mass is 35.5. The highest BCUT2D eigenvalue weighted by molar-refractivity contribution is 6.31. The van der Waals surface area contributed by atoms with Crippen LogP contribution in [0.25, 0.3) is 22.4 Å². The average Bonchev–Trinajstić information content (AvgIpc) is 3.28. The molecular formula is C26H17ClN2O2. The minimum absolute atomic E-state index is 0.207. The van der Waals surface area contributed by atoms with E-state index in [1.807, 2.05) is 54.6 Å². The molecule has 1 aliphatic rings. The van der Waals surface area contributed by atoms with Crippen LogP contribution in [0, 0.1) is 0 Å². The van der Waals surface area contributed by atoms with Gasteiger partial charge in [0.1, 0.15) is 22.9 Å². The predicted molar refractivity (Wildman–Crippen MR) is 122 cm³/mol. The van der Waals surface area contributed by atoms with E-state index in [4.69, 9.17) is 16.6 Å². The van der Waals surface area contributed by atoms with E-state index in [0.29, 0.717) is 5.02 Å². The van der Waals surface area contributed by atoms with Gasteiger partial charge in [-0.1, -0.05) is 60.1 Å². The van der Waals surface area contributed by atoms with Gasteiger partial charge in [-0.25, -0.2) is 4.98 Å². The first-order chi connectivity index (χ1) is 15.1. The maximum absolute atomic E-state index is 9.98. The lowest BCUT2D eigenvalue weighted by Gasteiger charge is -2.35. The van der Waals surface area contributed by atoms with E-state index in [-0.39, 0.29) is 11.5 Å². The van der Waals surface area contributed by atoms with Crippen molar-refractivity contribution in [2.45, 2.75) is 5.54 Å². The van der Waals surface area contributed by atoms with Crippen molar-refractivity contribution in [3.8, 4) is 22.9 Å². The van der Waals surface area contributed by atoms with Crippen LogP contribution in [0.3, 0.4) is 0 Å². The van der Waals surface area contributed by atoms with Crippen molar-refractivity contribution in [1.82, 2.24) is 9.55 Å². The first-order valence-electron chi connectivity index (χ1n) is 9.96. The molecule has 2 N–H and O–H groups in total. The second-order valence-corrected chi connectivity index (χ2v) is 8.19. The first-order valence-corrected chi connectivity index (χ1v) is 10.3. The molecule has 1 aliphatic heterocycles. The molecule has 0 radical (unpaired) electrons. The molecule has 5 aromatic rings. The standard InChI is InChI=1S/C26H17ClN2O2/c27-18-9-14-24-23(15-18)28-25-21-3-1-2-4-22(21)26(29(24)25,16-5-10-19(30)11-6-16)17-7-12-20(31)13-8-17/h1-15,30-31H. The SMILES string of the molecule is Oc1ccc(C2(c3ccc(O)cc3)c3ccccc3-c3nc4cc(Cl)ccc4n32)cc1. The van der Waals surface area contributed by atoms with E-state index >= 15 is 0 Å². The number of aromatic hydroxyl groups is 2. The van der Waals surface area contributed by atoms with Crippen LogP contribution < -0.4 is 0 Å². The Hall–Kier alpha value is -3.76. The number of hydrogen-bond donors (Lipinski definition) is 2. The van der Waals surface area contributed by atoms with E-state index in [2.05, 4.69) is 16.7 Å². The normalized spacial score (nSPS) is 13.8. The van der Waals surface area contributed by atoms with E-state index in [1.54, 1.807) is 24.3 Å². The first kappa shape index (κ1) is 18.0. The summed E-state index contributed by atoms with van der Waals surface area (Å²) < 4.78 is 2.24. The zero-order valence-corrected chi connectivity index (χ0v) is 17.1. The molecule has 0 fully saturated rings. The van der Waals surface area contributed by atoms with Crippen LogP contribution in [-0.4, -0.2) is 19.8 Å². The molecule has 0 bridgehead atoms. The predicted octanol–water partition coefficient (Wildman–Crippen LogP) is 5.92. The Kier molecular flexibility index (Phi) is 3.71. The Morgan fingerprint density at radius 1 is 0.742 bits per heavy atom. The summed E-state index contributed by atoms with van der Waals surface area (Å²) in [7, 11) is 0. The van der Waals surface area contributed by atoms with Gasteiger partial charge in [0.15, 0.2) is 0 Å². The molecule has 4 aromatic carbocycles. The fourth-order valence-corrected chi connectivity index (χ4v) is 5.00. The molecule has 31 heavy (non-hydrogen) atoms. The molecule has 6 rings (SSSR count). The Balaban J connectivity index is 1.83. The zero-order chi connectivity index (χ0) is 21.2. The lowest BCUT2D eigenvalue weighted by molar-refractivity contribution is 0.472. The number of phenols is 2. The van der Waals surface area contributed by atoms with Crippen molar-refractivity contribution >= 4 is 22.6 Å². The minimum atomic E-state index is -0.726. The molecule has 0 amide bonds. The van der Waals surface area contributed by atoms with Crippen LogP contribution in [0.15, 0.2) is 91.0 Å². The van der Waals surface area contributed by atoms with Crippen molar-refractivity contribution in [1.29, 1.82) is 0 Å². The van der Waals surface area contributed by atoms with Gasteiger partial charge in [0.05, 0.1) is 11.0 Å². The Labute approximate surface area is 183 Å². The number of nitrogens with zero attached hydrogens (tertiary/aromatic N) is 2. The van der Waals surface area contributed by atoms with E-state index in [0.717, 1.165) is 39.1 Å². The number of rotatable bonds is 2. The Morgan fingerprint density at radius 2 is 1.35 bits per heavy atom. The fourth-order valence-electron chi connectivity index (χ4n) is 4.83. The third-order valence-corrected chi connectivity index (χ3v) is 6.31. The molecule has 4 nitrogen and oxygen atoms in total. The molecule has 0 spiro atoms. The topological polar surface area (TPSA) is 58.3 Å². The molecule has 150 valence electrons. The van der Waals surface area contributed by atoms with E-state index in [9.17, 15) is 10.2 Å². The van der Waals surface area contributed by atoms with Crippen molar-refractivity contribution in [3.05, 3.63) is 113 Å². The molecule has 0 saturated heterocycles. The number of phenolic OH excluding ortho intramolecular Hbond substituents is 2. The lowest BCUT2D eigenvalue weighted by atomic mass is 9.77. The molecule has 0 unspecified atom stereocenters. The molecular weight excluding hydrogens is 408 g/mol. The van der Waals surface area contributed by atoms with Crippen molar-refractivity contribution in [2.24, 2.45) is 0 Å². The third-order valence-electron chi connectivity index (χ3n) is 6.08. The van der Waals surface area contributed by atoms with Crippen molar-refractivity contribution in [2.75, 3.05) is 0 Å². The van der Waals surface area contributed by atoms with E-state index in [1.165, 1.54) is 0 Å². The summed E-state index contributed by atoms with van der Waals surface area (Å²) in [4.78, 5) is 4.96. The van der Waals surface area contributed by atoms with Crippen LogP contribution in [0.1, 0.15) is 16.7 Å². The summed E-state index contributed by atoms with van der Waals surface area (Å²) in [5.41, 5.74) is 5.14. The van der Waals surface area contributed by atoms with Crippen molar-refractivity contribution < 1.29 is 10.2 Å². The van der Waals surface area contributed by atoms with Gasteiger partial charge in [-0.2, -0.15) is 0 Å². The third kappa shape index (κ3) is 2.39. The molecule has 2 heterocycles. The number of imidazole rings is 1. The minimum Gasteiger partial charge on any atom is -0.508 e. The number of aromatic nitrogens is 2. The molecule has 0 saturated carbocycles. The van der Waals surface area contributed by atoms with E-state index < -0.39 is 5.54 Å². The molecule has 0 atom stereocenters. The van der Waals surface area contributed by atoms with Gasteiger partial charge in [-0.15, -0.1) is 0 Å². The van der Waals surface area contributed by atoms with Gasteiger partial charge >= 0.3 is 0 Å². The second kappa shape index (κ2) is 6.37. The summed E-state index contributed by atoms with van der Waals surface area (Å²) in [6, 6.07) is 28.6. The molecule has 1 aromatic heterocycles. The number of benzene rings is 4. The lowest BCUT2D eigenvalue weighted by Crippen LogP contribution is -2.34. The fraction of sp³-hybridized carbons (Fsp3) is 0.0385. The van der Waals surface area contributed by atoms with Crippen LogP contribution in [0.2, 0.25) is 5.02 Å². The zero-order valence-electron chi connectivity index (χ0n) is 16.3. The van der Waals surface area contributed by atoms with Gasteiger partial charge in [0.25, 0.3) is 0 Å².